The van der Waals surface area contributed by atoms with Crippen LogP contribution in [0, 0.1) is 5.92 Å². The summed E-state index contributed by atoms with van der Waals surface area (Å²) in [6, 6.07) is 14.1. The lowest BCUT2D eigenvalue weighted by Crippen LogP contribution is -2.45. The molecule has 0 radical (unpaired) electrons. The second-order valence-corrected chi connectivity index (χ2v) is 7.93. The zero-order valence-electron chi connectivity index (χ0n) is 17.2. The Morgan fingerprint density at radius 1 is 1.28 bits per heavy atom. The van der Waals surface area contributed by atoms with E-state index >= 15 is 0 Å². The molecule has 5 nitrogen and oxygen atoms in total. The Balaban J connectivity index is 1.99. The van der Waals surface area contributed by atoms with E-state index in [1.54, 1.807) is 19.3 Å². The smallest absolute Gasteiger partial charge is 0.328 e. The third-order valence-electron chi connectivity index (χ3n) is 5.48. The molecule has 0 unspecified atom stereocenters. The van der Waals surface area contributed by atoms with Gasteiger partial charge in [-0.1, -0.05) is 37.3 Å². The third kappa shape index (κ3) is 5.05. The third-order valence-corrected chi connectivity index (χ3v) is 5.48. The molecule has 1 heterocycles. The number of hydrogen-bond acceptors (Lipinski definition) is 4. The summed E-state index contributed by atoms with van der Waals surface area (Å²) in [5.74, 6) is -0.270. The van der Waals surface area contributed by atoms with Gasteiger partial charge in [-0.3, -0.25) is 4.90 Å². The number of aromatic hydroxyl groups is 1. The highest BCUT2D eigenvalue weighted by molar-refractivity contribution is 5.85. The molecule has 29 heavy (non-hydrogen) atoms. The van der Waals surface area contributed by atoms with Crippen molar-refractivity contribution in [3.63, 3.8) is 0 Å². The monoisotopic (exact) mass is 395 g/mol. The molecule has 2 aromatic carbocycles. The van der Waals surface area contributed by atoms with Crippen molar-refractivity contribution in [2.45, 2.75) is 32.4 Å². The Hall–Kier alpha value is -2.63. The topological polar surface area (TPSA) is 70.0 Å². The van der Waals surface area contributed by atoms with Gasteiger partial charge in [0.25, 0.3) is 0 Å². The van der Waals surface area contributed by atoms with Crippen molar-refractivity contribution >= 4 is 12.0 Å². The Bertz CT molecular complexity index is 875. The first kappa shape index (κ1) is 21.1. The van der Waals surface area contributed by atoms with Crippen molar-refractivity contribution in [2.75, 3.05) is 20.3 Å². The fourth-order valence-corrected chi connectivity index (χ4v) is 4.21. The van der Waals surface area contributed by atoms with Gasteiger partial charge in [0.1, 0.15) is 5.75 Å². The van der Waals surface area contributed by atoms with Crippen LogP contribution in [0.4, 0.5) is 0 Å². The maximum atomic E-state index is 10.8. The molecule has 0 aliphatic carbocycles. The van der Waals surface area contributed by atoms with Crippen LogP contribution in [0.5, 0.6) is 5.75 Å². The molecule has 1 aliphatic rings. The molecule has 2 N–H and O–H groups in total. The van der Waals surface area contributed by atoms with Gasteiger partial charge in [0.2, 0.25) is 0 Å². The average Bonchev–Trinajstić information content (AvgIpc) is 2.67. The fourth-order valence-electron chi connectivity index (χ4n) is 4.21. The predicted molar refractivity (Wildman–Crippen MR) is 114 cm³/mol. The van der Waals surface area contributed by atoms with E-state index in [9.17, 15) is 9.90 Å². The molecule has 5 heteroatoms. The molecule has 2 aromatic rings. The van der Waals surface area contributed by atoms with Crippen LogP contribution in [0.25, 0.3) is 6.08 Å². The minimum absolute atomic E-state index is 0.0751. The molecule has 0 spiro atoms. The van der Waals surface area contributed by atoms with E-state index in [0.29, 0.717) is 24.3 Å². The number of carboxylic acids is 1. The molecular weight excluding hydrogens is 366 g/mol. The maximum absolute atomic E-state index is 10.8. The van der Waals surface area contributed by atoms with Crippen molar-refractivity contribution in [1.29, 1.82) is 0 Å². The zero-order chi connectivity index (χ0) is 21.0. The number of rotatable bonds is 7. The zero-order valence-corrected chi connectivity index (χ0v) is 17.2. The molecule has 0 aromatic heterocycles. The number of nitrogens with zero attached hydrogens (tertiary/aromatic N) is 1. The molecule has 0 bridgehead atoms. The van der Waals surface area contributed by atoms with Gasteiger partial charge in [0.15, 0.2) is 0 Å². The second kappa shape index (κ2) is 9.25. The number of fused-ring (bicyclic) bond motifs is 1. The minimum Gasteiger partial charge on any atom is -0.508 e. The first-order valence-electron chi connectivity index (χ1n) is 9.96. The number of hydrogen-bond donors (Lipinski definition) is 2. The Morgan fingerprint density at radius 3 is 2.66 bits per heavy atom. The fraction of sp³-hybridized carbons (Fsp3) is 0.375. The van der Waals surface area contributed by atoms with Crippen LogP contribution >= 0.6 is 0 Å². The molecule has 0 saturated carbocycles. The average molecular weight is 395 g/mol. The lowest BCUT2D eigenvalue weighted by Gasteiger charge is -2.43. The number of phenols is 1. The minimum atomic E-state index is -0.956. The number of carbonyl (C=O) groups is 1. The summed E-state index contributed by atoms with van der Waals surface area (Å²) >= 11 is 0. The molecule has 154 valence electrons. The van der Waals surface area contributed by atoms with Crippen LogP contribution in [0.15, 0.2) is 48.5 Å². The summed E-state index contributed by atoms with van der Waals surface area (Å²) in [6.45, 7) is 6.03. The molecule has 3 atom stereocenters. The molecular formula is C24H29NO4. The van der Waals surface area contributed by atoms with Crippen LogP contribution < -0.4 is 0 Å². The van der Waals surface area contributed by atoms with Crippen molar-refractivity contribution in [2.24, 2.45) is 5.92 Å². The van der Waals surface area contributed by atoms with Crippen molar-refractivity contribution in [3.05, 3.63) is 70.8 Å². The highest BCUT2D eigenvalue weighted by Crippen LogP contribution is 2.39. The van der Waals surface area contributed by atoms with Gasteiger partial charge in [-0.05, 0) is 59.7 Å². The van der Waals surface area contributed by atoms with Crippen LogP contribution in [0.3, 0.4) is 0 Å². The van der Waals surface area contributed by atoms with E-state index in [0.717, 1.165) is 30.2 Å². The molecule has 0 amide bonds. The quantitative estimate of drug-likeness (QED) is 0.691. The maximum Gasteiger partial charge on any atom is 0.328 e. The summed E-state index contributed by atoms with van der Waals surface area (Å²) in [6.07, 6.45) is 3.63. The van der Waals surface area contributed by atoms with Gasteiger partial charge in [0.05, 0.1) is 6.04 Å². The number of carboxylic acid groups (broad SMARTS) is 1. The largest absolute Gasteiger partial charge is 0.508 e. The van der Waals surface area contributed by atoms with Gasteiger partial charge in [0, 0.05) is 32.4 Å². The van der Waals surface area contributed by atoms with Gasteiger partial charge < -0.3 is 14.9 Å². The summed E-state index contributed by atoms with van der Waals surface area (Å²) in [7, 11) is 1.73. The Morgan fingerprint density at radius 2 is 2.00 bits per heavy atom. The lowest BCUT2D eigenvalue weighted by molar-refractivity contribution is -0.131. The van der Waals surface area contributed by atoms with E-state index in [2.05, 4.69) is 30.9 Å². The summed E-state index contributed by atoms with van der Waals surface area (Å²) < 4.78 is 5.35. The van der Waals surface area contributed by atoms with E-state index in [1.165, 1.54) is 11.1 Å². The molecule has 0 fully saturated rings. The normalized spacial score (nSPS) is 20.5. The number of methoxy groups -OCH3 is 1. The first-order valence-corrected chi connectivity index (χ1v) is 9.96. The van der Waals surface area contributed by atoms with Crippen molar-refractivity contribution in [3.8, 4) is 5.75 Å². The Kier molecular flexibility index (Phi) is 6.72. The summed E-state index contributed by atoms with van der Waals surface area (Å²) in [5.41, 5.74) is 4.39. The number of benzene rings is 2. The van der Waals surface area contributed by atoms with E-state index in [-0.39, 0.29) is 6.04 Å². The standard InChI is InChI=1S/C24H29NO4/c1-16(15-29-3)14-25-17(2)12-20-13-21(26)9-10-22(20)24(25)19-7-4-18(5-8-19)6-11-23(27)28/h4-11,13,16-17,24,26H,12,14-15H2,1-3H3,(H,27,28)/b11-6+/t16-,17-,24-/m1/s1. The van der Waals surface area contributed by atoms with Gasteiger partial charge in [-0.2, -0.15) is 0 Å². The lowest BCUT2D eigenvalue weighted by atomic mass is 9.84. The molecule has 0 saturated heterocycles. The van der Waals surface area contributed by atoms with E-state index in [4.69, 9.17) is 9.84 Å². The number of ether oxygens (including phenoxy) is 1. The van der Waals surface area contributed by atoms with E-state index in [1.807, 2.05) is 24.3 Å². The predicted octanol–water partition coefficient (Wildman–Crippen LogP) is 4.11. The van der Waals surface area contributed by atoms with Crippen molar-refractivity contribution in [1.82, 2.24) is 4.90 Å². The summed E-state index contributed by atoms with van der Waals surface area (Å²) in [4.78, 5) is 13.3. The van der Waals surface area contributed by atoms with Gasteiger partial charge in [-0.25, -0.2) is 4.79 Å². The molecule has 3 rings (SSSR count). The van der Waals surface area contributed by atoms with Crippen LogP contribution in [-0.2, 0) is 16.0 Å². The summed E-state index contributed by atoms with van der Waals surface area (Å²) in [5, 5.41) is 18.8. The number of aliphatic carboxylic acids is 1. The van der Waals surface area contributed by atoms with Crippen LogP contribution in [0.1, 0.15) is 42.1 Å². The van der Waals surface area contributed by atoms with Crippen molar-refractivity contribution < 1.29 is 19.7 Å². The Labute approximate surface area is 172 Å². The number of phenolic OH excluding ortho intramolecular Hbond substituents is 1. The first-order chi connectivity index (χ1) is 13.9. The molecule has 1 aliphatic heterocycles. The van der Waals surface area contributed by atoms with Crippen LogP contribution in [-0.4, -0.2) is 47.4 Å². The van der Waals surface area contributed by atoms with Gasteiger partial charge >= 0.3 is 5.97 Å². The second-order valence-electron chi connectivity index (χ2n) is 7.93. The SMILES string of the molecule is COC[C@H](C)CN1[C@H](c2ccc(/C=C/C(=O)O)cc2)c2ccc(O)cc2C[C@H]1C. The van der Waals surface area contributed by atoms with Gasteiger partial charge in [-0.15, -0.1) is 0 Å². The van der Waals surface area contributed by atoms with E-state index < -0.39 is 5.97 Å². The highest BCUT2D eigenvalue weighted by Gasteiger charge is 2.34. The highest BCUT2D eigenvalue weighted by atomic mass is 16.5. The van der Waals surface area contributed by atoms with Crippen LogP contribution in [0.2, 0.25) is 0 Å².